The molecule has 0 spiro atoms. The van der Waals surface area contributed by atoms with Crippen molar-refractivity contribution in [3.63, 3.8) is 0 Å². The minimum atomic E-state index is -0.625. The Labute approximate surface area is 188 Å². The van der Waals surface area contributed by atoms with Crippen LogP contribution in [0.2, 0.25) is 0 Å². The summed E-state index contributed by atoms with van der Waals surface area (Å²) in [5, 5.41) is 5.91. The Balaban J connectivity index is 1.54. The fraction of sp³-hybridized carbons (Fsp3) is 0.440. The zero-order valence-electron chi connectivity index (χ0n) is 18.6. The molecule has 0 saturated carbocycles. The topological polar surface area (TPSA) is 91.4 Å². The number of aryl methyl sites for hydroxylation is 1. The van der Waals surface area contributed by atoms with E-state index in [0.29, 0.717) is 32.2 Å². The number of hydrogen-bond acceptors (Lipinski definition) is 4. The summed E-state index contributed by atoms with van der Waals surface area (Å²) in [5.41, 5.74) is 3.85. The lowest BCUT2D eigenvalue weighted by Gasteiger charge is -2.28. The summed E-state index contributed by atoms with van der Waals surface area (Å²) < 4.78 is 0. The third-order valence-electron chi connectivity index (χ3n) is 6.49. The summed E-state index contributed by atoms with van der Waals surface area (Å²) >= 11 is 0. The first kappa shape index (κ1) is 22.0. The van der Waals surface area contributed by atoms with Crippen LogP contribution in [0.25, 0.3) is 0 Å². The number of aromatic nitrogens is 1. The van der Waals surface area contributed by atoms with Gasteiger partial charge in [0.1, 0.15) is 12.1 Å². The number of amides is 3. The van der Waals surface area contributed by atoms with Crippen molar-refractivity contribution in [1.29, 1.82) is 0 Å². The van der Waals surface area contributed by atoms with Gasteiger partial charge < -0.3 is 10.6 Å². The molecule has 0 bridgehead atoms. The molecule has 4 rings (SSSR count). The molecule has 0 fully saturated rings. The van der Waals surface area contributed by atoms with Crippen LogP contribution in [0.5, 0.6) is 0 Å². The van der Waals surface area contributed by atoms with Gasteiger partial charge in [0.2, 0.25) is 17.7 Å². The SMILES string of the molecule is CC[C@H](C)CC(=O)N[C@H]1CCc2cccc3c2N(C1=O)[C@H](C(=O)NCc1ccncc1)C3. The first-order chi connectivity index (χ1) is 15.5. The Bertz CT molecular complexity index is 1010. The van der Waals surface area contributed by atoms with Crippen molar-refractivity contribution in [2.45, 2.75) is 64.6 Å². The van der Waals surface area contributed by atoms with E-state index in [2.05, 4.69) is 15.6 Å². The van der Waals surface area contributed by atoms with E-state index in [-0.39, 0.29) is 23.6 Å². The first-order valence-electron chi connectivity index (χ1n) is 11.4. The predicted octanol–water partition coefficient (Wildman–Crippen LogP) is 2.52. The van der Waals surface area contributed by atoms with Crippen LogP contribution in [0.3, 0.4) is 0 Å². The van der Waals surface area contributed by atoms with Gasteiger partial charge in [-0.05, 0) is 47.6 Å². The number of benzene rings is 1. The standard InChI is InChI=1S/C25H30N4O3/c1-3-16(2)13-22(30)28-20-8-7-18-5-4-6-19-14-21(29(23(18)19)25(20)32)24(31)27-15-17-9-11-26-12-10-17/h4-6,9-12,16,20-21H,3,7-8,13-15H2,1-2H3,(H,27,31)(H,28,30)/t16-,20-,21-/m0/s1. The summed E-state index contributed by atoms with van der Waals surface area (Å²) in [6, 6.07) is 8.43. The monoisotopic (exact) mass is 434 g/mol. The van der Waals surface area contributed by atoms with Gasteiger partial charge in [0, 0.05) is 31.8 Å². The normalized spacial score (nSPS) is 20.3. The first-order valence-corrected chi connectivity index (χ1v) is 11.4. The van der Waals surface area contributed by atoms with Gasteiger partial charge in [-0.1, -0.05) is 38.5 Å². The van der Waals surface area contributed by atoms with E-state index >= 15 is 0 Å². The second-order valence-electron chi connectivity index (χ2n) is 8.80. The number of pyridine rings is 1. The van der Waals surface area contributed by atoms with Crippen LogP contribution in [-0.4, -0.2) is 34.8 Å². The van der Waals surface area contributed by atoms with Crippen molar-refractivity contribution in [2.24, 2.45) is 5.92 Å². The van der Waals surface area contributed by atoms with Crippen molar-refractivity contribution in [2.75, 3.05) is 4.90 Å². The average Bonchev–Trinajstić information content (AvgIpc) is 3.14. The smallest absolute Gasteiger partial charge is 0.250 e. The molecule has 3 atom stereocenters. The lowest BCUT2D eigenvalue weighted by Crippen LogP contribution is -2.54. The fourth-order valence-electron chi connectivity index (χ4n) is 4.50. The van der Waals surface area contributed by atoms with Gasteiger partial charge in [0.05, 0.1) is 5.69 Å². The second-order valence-corrected chi connectivity index (χ2v) is 8.80. The number of nitrogens with one attached hydrogen (secondary N) is 2. The third kappa shape index (κ3) is 4.52. The lowest BCUT2D eigenvalue weighted by molar-refractivity contribution is -0.129. The van der Waals surface area contributed by atoms with Crippen molar-refractivity contribution in [1.82, 2.24) is 15.6 Å². The Hall–Kier alpha value is -3.22. The molecule has 2 aromatic rings. The zero-order chi connectivity index (χ0) is 22.7. The highest BCUT2D eigenvalue weighted by Gasteiger charge is 2.43. The van der Waals surface area contributed by atoms with Crippen LogP contribution in [0.4, 0.5) is 5.69 Å². The van der Waals surface area contributed by atoms with E-state index in [1.807, 2.05) is 44.2 Å². The Morgan fingerprint density at radius 2 is 1.94 bits per heavy atom. The largest absolute Gasteiger partial charge is 0.350 e. The maximum Gasteiger partial charge on any atom is 0.250 e. The van der Waals surface area contributed by atoms with E-state index in [1.54, 1.807) is 17.3 Å². The van der Waals surface area contributed by atoms with Crippen molar-refractivity contribution in [3.05, 3.63) is 59.4 Å². The molecular formula is C25H30N4O3. The van der Waals surface area contributed by atoms with Crippen molar-refractivity contribution in [3.8, 4) is 0 Å². The van der Waals surface area contributed by atoms with E-state index in [4.69, 9.17) is 0 Å². The van der Waals surface area contributed by atoms with Gasteiger partial charge in [-0.15, -0.1) is 0 Å². The molecule has 2 aliphatic heterocycles. The molecule has 2 aliphatic rings. The molecule has 2 N–H and O–H groups in total. The average molecular weight is 435 g/mol. The Morgan fingerprint density at radius 1 is 1.19 bits per heavy atom. The highest BCUT2D eigenvalue weighted by atomic mass is 16.2. The van der Waals surface area contributed by atoms with Crippen LogP contribution >= 0.6 is 0 Å². The second kappa shape index (κ2) is 9.51. The molecule has 7 heteroatoms. The van der Waals surface area contributed by atoms with E-state index in [1.165, 1.54) is 0 Å². The van der Waals surface area contributed by atoms with Gasteiger partial charge in [-0.25, -0.2) is 0 Å². The van der Waals surface area contributed by atoms with Gasteiger partial charge in [-0.3, -0.25) is 24.3 Å². The van der Waals surface area contributed by atoms with Crippen LogP contribution in [0, 0.1) is 5.92 Å². The van der Waals surface area contributed by atoms with E-state index < -0.39 is 12.1 Å². The minimum absolute atomic E-state index is 0.109. The summed E-state index contributed by atoms with van der Waals surface area (Å²) in [5.74, 6) is -0.237. The molecule has 0 radical (unpaired) electrons. The summed E-state index contributed by atoms with van der Waals surface area (Å²) in [6.45, 7) is 4.45. The van der Waals surface area contributed by atoms with E-state index in [9.17, 15) is 14.4 Å². The molecule has 3 amide bonds. The number of nitrogens with zero attached hydrogens (tertiary/aromatic N) is 2. The molecule has 0 aliphatic carbocycles. The lowest BCUT2D eigenvalue weighted by atomic mass is 10.0. The predicted molar refractivity (Wildman–Crippen MR) is 122 cm³/mol. The maximum atomic E-state index is 13.6. The van der Waals surface area contributed by atoms with E-state index in [0.717, 1.165) is 28.8 Å². The van der Waals surface area contributed by atoms with Crippen molar-refractivity contribution >= 4 is 23.4 Å². The molecular weight excluding hydrogens is 404 g/mol. The van der Waals surface area contributed by atoms with Crippen LogP contribution in [0.15, 0.2) is 42.7 Å². The summed E-state index contributed by atoms with van der Waals surface area (Å²) in [4.78, 5) is 44.9. The molecule has 7 nitrogen and oxygen atoms in total. The molecule has 0 saturated heterocycles. The third-order valence-corrected chi connectivity index (χ3v) is 6.49. The minimum Gasteiger partial charge on any atom is -0.350 e. The molecule has 3 heterocycles. The number of rotatable bonds is 7. The van der Waals surface area contributed by atoms with Gasteiger partial charge >= 0.3 is 0 Å². The quantitative estimate of drug-likeness (QED) is 0.701. The fourth-order valence-corrected chi connectivity index (χ4v) is 4.50. The van der Waals surface area contributed by atoms with Gasteiger partial charge in [0.25, 0.3) is 0 Å². The molecule has 168 valence electrons. The highest BCUT2D eigenvalue weighted by Crippen LogP contribution is 2.39. The maximum absolute atomic E-state index is 13.6. The number of hydrogen-bond donors (Lipinski definition) is 2. The molecule has 1 aromatic carbocycles. The number of carbonyl (C=O) groups excluding carboxylic acids is 3. The van der Waals surface area contributed by atoms with Crippen LogP contribution in [-0.2, 0) is 33.8 Å². The molecule has 0 unspecified atom stereocenters. The number of anilines is 1. The molecule has 32 heavy (non-hydrogen) atoms. The summed E-state index contributed by atoms with van der Waals surface area (Å²) in [6.07, 6.45) is 6.37. The van der Waals surface area contributed by atoms with Gasteiger partial charge in [-0.2, -0.15) is 0 Å². The Morgan fingerprint density at radius 3 is 2.69 bits per heavy atom. The number of carbonyl (C=O) groups is 3. The van der Waals surface area contributed by atoms with Crippen LogP contribution in [0.1, 0.15) is 49.8 Å². The van der Waals surface area contributed by atoms with Gasteiger partial charge in [0.15, 0.2) is 0 Å². The summed E-state index contributed by atoms with van der Waals surface area (Å²) in [7, 11) is 0. The molecule has 1 aromatic heterocycles. The highest BCUT2D eigenvalue weighted by molar-refractivity contribution is 6.07. The van der Waals surface area contributed by atoms with Crippen molar-refractivity contribution < 1.29 is 14.4 Å². The Kier molecular flexibility index (Phi) is 6.53. The van der Waals surface area contributed by atoms with Crippen LogP contribution < -0.4 is 15.5 Å². The zero-order valence-corrected chi connectivity index (χ0v) is 18.6. The number of para-hydroxylation sites is 1.